The van der Waals surface area contributed by atoms with Crippen molar-refractivity contribution in [3.05, 3.63) is 0 Å². The lowest BCUT2D eigenvalue weighted by Crippen LogP contribution is -2.44. The number of nitrogens with zero attached hydrogens (tertiary/aromatic N) is 1. The third kappa shape index (κ3) is 2.09. The Kier molecular flexibility index (Phi) is 3.50. The van der Waals surface area contributed by atoms with E-state index in [0.717, 1.165) is 25.7 Å². The SMILES string of the molecule is CC1CCC(C)N1C(=O)[C@@H]1CC[C@H](CN)O1. The van der Waals surface area contributed by atoms with Crippen LogP contribution >= 0.6 is 0 Å². The number of nitrogens with two attached hydrogens (primary N) is 1. The van der Waals surface area contributed by atoms with Gasteiger partial charge < -0.3 is 15.4 Å². The number of ether oxygens (including phenoxy) is 1. The Hall–Kier alpha value is -0.610. The summed E-state index contributed by atoms with van der Waals surface area (Å²) >= 11 is 0. The number of carbonyl (C=O) groups excluding carboxylic acids is 1. The Bertz CT molecular complexity index is 260. The van der Waals surface area contributed by atoms with Crippen molar-refractivity contribution >= 4 is 5.91 Å². The molecule has 0 aromatic rings. The van der Waals surface area contributed by atoms with Gasteiger partial charge in [0.15, 0.2) is 0 Å². The summed E-state index contributed by atoms with van der Waals surface area (Å²) in [6.45, 7) is 4.77. The number of amides is 1. The normalized spacial score (nSPS) is 39.3. The number of hydrogen-bond donors (Lipinski definition) is 1. The molecule has 0 spiro atoms. The van der Waals surface area contributed by atoms with Gasteiger partial charge in [0.05, 0.1) is 6.10 Å². The van der Waals surface area contributed by atoms with Gasteiger partial charge in [-0.05, 0) is 39.5 Å². The van der Waals surface area contributed by atoms with Crippen LogP contribution < -0.4 is 5.73 Å². The summed E-state index contributed by atoms with van der Waals surface area (Å²) in [6.07, 6.45) is 3.82. The Labute approximate surface area is 97.1 Å². The average molecular weight is 226 g/mol. The lowest BCUT2D eigenvalue weighted by atomic mass is 10.1. The first-order chi connectivity index (χ1) is 7.63. The lowest BCUT2D eigenvalue weighted by molar-refractivity contribution is -0.145. The molecule has 2 aliphatic heterocycles. The van der Waals surface area contributed by atoms with E-state index in [0.29, 0.717) is 18.6 Å². The van der Waals surface area contributed by atoms with Crippen molar-refractivity contribution in [3.8, 4) is 0 Å². The van der Waals surface area contributed by atoms with Crippen LogP contribution in [0, 0.1) is 0 Å². The third-order valence-corrected chi connectivity index (χ3v) is 3.85. The molecule has 0 aliphatic carbocycles. The third-order valence-electron chi connectivity index (χ3n) is 3.85. The molecule has 4 nitrogen and oxygen atoms in total. The van der Waals surface area contributed by atoms with Crippen molar-refractivity contribution < 1.29 is 9.53 Å². The molecule has 1 amide bonds. The Morgan fingerprint density at radius 1 is 1.25 bits per heavy atom. The maximum absolute atomic E-state index is 12.3. The minimum Gasteiger partial charge on any atom is -0.364 e. The van der Waals surface area contributed by atoms with Gasteiger partial charge in [0.1, 0.15) is 6.10 Å². The number of hydrogen-bond acceptors (Lipinski definition) is 3. The molecule has 4 atom stereocenters. The summed E-state index contributed by atoms with van der Waals surface area (Å²) in [6, 6.07) is 0.728. The number of rotatable bonds is 2. The maximum Gasteiger partial charge on any atom is 0.252 e. The van der Waals surface area contributed by atoms with E-state index in [4.69, 9.17) is 10.5 Å². The van der Waals surface area contributed by atoms with Crippen molar-refractivity contribution in [3.63, 3.8) is 0 Å². The topological polar surface area (TPSA) is 55.6 Å². The predicted octanol–water partition coefficient (Wildman–Crippen LogP) is 0.892. The van der Waals surface area contributed by atoms with E-state index in [1.165, 1.54) is 0 Å². The van der Waals surface area contributed by atoms with Gasteiger partial charge in [-0.15, -0.1) is 0 Å². The molecule has 2 rings (SSSR count). The Morgan fingerprint density at radius 2 is 1.88 bits per heavy atom. The van der Waals surface area contributed by atoms with Crippen LogP contribution in [-0.4, -0.2) is 41.6 Å². The van der Waals surface area contributed by atoms with Crippen molar-refractivity contribution in [2.75, 3.05) is 6.54 Å². The second-order valence-electron chi connectivity index (χ2n) is 5.08. The first-order valence-corrected chi connectivity index (χ1v) is 6.31. The molecule has 2 N–H and O–H groups in total. The van der Waals surface area contributed by atoms with Crippen molar-refractivity contribution in [2.45, 2.75) is 63.8 Å². The number of carbonyl (C=O) groups is 1. The smallest absolute Gasteiger partial charge is 0.252 e. The van der Waals surface area contributed by atoms with E-state index >= 15 is 0 Å². The quantitative estimate of drug-likeness (QED) is 0.761. The van der Waals surface area contributed by atoms with Crippen LogP contribution in [0.25, 0.3) is 0 Å². The standard InChI is InChI=1S/C12H22N2O2/c1-8-3-4-9(2)14(8)12(15)11-6-5-10(7-13)16-11/h8-11H,3-7,13H2,1-2H3/t8?,9?,10-,11+/m1/s1. The fourth-order valence-corrected chi connectivity index (χ4v) is 2.86. The molecule has 2 aliphatic rings. The highest BCUT2D eigenvalue weighted by Crippen LogP contribution is 2.28. The summed E-state index contributed by atoms with van der Waals surface area (Å²) in [4.78, 5) is 14.3. The molecule has 0 aromatic carbocycles. The minimum absolute atomic E-state index is 0.0853. The molecule has 0 saturated carbocycles. The molecule has 0 radical (unpaired) electrons. The average Bonchev–Trinajstić information content (AvgIpc) is 2.85. The fraction of sp³-hybridized carbons (Fsp3) is 0.917. The Morgan fingerprint density at radius 3 is 2.38 bits per heavy atom. The zero-order valence-corrected chi connectivity index (χ0v) is 10.2. The molecule has 2 heterocycles. The highest BCUT2D eigenvalue weighted by atomic mass is 16.5. The van der Waals surface area contributed by atoms with Crippen LogP contribution in [0.2, 0.25) is 0 Å². The zero-order valence-electron chi connectivity index (χ0n) is 10.2. The molecule has 0 aromatic heterocycles. The predicted molar refractivity (Wildman–Crippen MR) is 62.0 cm³/mol. The second kappa shape index (κ2) is 4.72. The van der Waals surface area contributed by atoms with Gasteiger partial charge in [0.2, 0.25) is 0 Å². The van der Waals surface area contributed by atoms with Crippen LogP contribution in [-0.2, 0) is 9.53 Å². The van der Waals surface area contributed by atoms with Crippen molar-refractivity contribution in [2.24, 2.45) is 5.73 Å². The molecule has 92 valence electrons. The molecule has 2 saturated heterocycles. The van der Waals surface area contributed by atoms with Crippen molar-refractivity contribution in [1.82, 2.24) is 4.90 Å². The molecular formula is C12H22N2O2. The van der Waals surface area contributed by atoms with Crippen LogP contribution in [0.3, 0.4) is 0 Å². The van der Waals surface area contributed by atoms with Gasteiger partial charge in [-0.25, -0.2) is 0 Å². The molecule has 16 heavy (non-hydrogen) atoms. The zero-order chi connectivity index (χ0) is 11.7. The minimum atomic E-state index is -0.239. The van der Waals surface area contributed by atoms with Crippen LogP contribution in [0.5, 0.6) is 0 Å². The van der Waals surface area contributed by atoms with Crippen LogP contribution in [0.1, 0.15) is 39.5 Å². The molecule has 4 heteroatoms. The molecular weight excluding hydrogens is 204 g/mol. The van der Waals surface area contributed by atoms with E-state index in [9.17, 15) is 4.79 Å². The van der Waals surface area contributed by atoms with Crippen molar-refractivity contribution in [1.29, 1.82) is 0 Å². The lowest BCUT2D eigenvalue weighted by Gasteiger charge is -2.29. The summed E-state index contributed by atoms with van der Waals surface area (Å²) in [7, 11) is 0. The van der Waals surface area contributed by atoms with Gasteiger partial charge in [-0.1, -0.05) is 0 Å². The van der Waals surface area contributed by atoms with E-state index in [1.54, 1.807) is 0 Å². The largest absolute Gasteiger partial charge is 0.364 e. The number of likely N-dealkylation sites (tertiary alicyclic amines) is 1. The second-order valence-corrected chi connectivity index (χ2v) is 5.08. The summed E-state index contributed by atoms with van der Waals surface area (Å²) in [5.74, 6) is 0.174. The monoisotopic (exact) mass is 226 g/mol. The highest BCUT2D eigenvalue weighted by Gasteiger charge is 2.38. The van der Waals surface area contributed by atoms with Crippen LogP contribution in [0.15, 0.2) is 0 Å². The van der Waals surface area contributed by atoms with E-state index in [-0.39, 0.29) is 18.1 Å². The van der Waals surface area contributed by atoms with E-state index in [1.807, 2.05) is 4.90 Å². The van der Waals surface area contributed by atoms with Crippen LogP contribution in [0.4, 0.5) is 0 Å². The Balaban J connectivity index is 1.97. The van der Waals surface area contributed by atoms with Gasteiger partial charge >= 0.3 is 0 Å². The molecule has 2 unspecified atom stereocenters. The molecule has 0 bridgehead atoms. The van der Waals surface area contributed by atoms with Gasteiger partial charge in [-0.3, -0.25) is 4.79 Å². The maximum atomic E-state index is 12.3. The summed E-state index contributed by atoms with van der Waals surface area (Å²) < 4.78 is 5.67. The van der Waals surface area contributed by atoms with E-state index in [2.05, 4.69) is 13.8 Å². The van der Waals surface area contributed by atoms with E-state index < -0.39 is 0 Å². The fourth-order valence-electron chi connectivity index (χ4n) is 2.86. The highest BCUT2D eigenvalue weighted by molar-refractivity contribution is 5.82. The first-order valence-electron chi connectivity index (χ1n) is 6.31. The molecule has 2 fully saturated rings. The van der Waals surface area contributed by atoms with Gasteiger partial charge in [-0.2, -0.15) is 0 Å². The first kappa shape index (κ1) is 11.9. The summed E-state index contributed by atoms with van der Waals surface area (Å²) in [5.41, 5.74) is 5.55. The van der Waals surface area contributed by atoms with Gasteiger partial charge in [0, 0.05) is 18.6 Å². The van der Waals surface area contributed by atoms with Gasteiger partial charge in [0.25, 0.3) is 5.91 Å². The summed E-state index contributed by atoms with van der Waals surface area (Å²) in [5, 5.41) is 0.